The molecule has 0 bridgehead atoms. The second-order valence-corrected chi connectivity index (χ2v) is 6.69. The van der Waals surface area contributed by atoms with Crippen LogP contribution in [-0.4, -0.2) is 30.2 Å². The van der Waals surface area contributed by atoms with Gasteiger partial charge in [0.1, 0.15) is 0 Å². The number of thiazole rings is 1. The highest BCUT2D eigenvalue weighted by Gasteiger charge is 2.41. The van der Waals surface area contributed by atoms with Crippen molar-refractivity contribution in [3.05, 3.63) is 16.1 Å². The summed E-state index contributed by atoms with van der Waals surface area (Å²) in [5.74, 6) is -0.537. The summed E-state index contributed by atoms with van der Waals surface area (Å²) in [5.41, 5.74) is 0.954. The van der Waals surface area contributed by atoms with Gasteiger partial charge in [-0.3, -0.25) is 4.99 Å². The van der Waals surface area contributed by atoms with Gasteiger partial charge in [0, 0.05) is 18.5 Å². The quantitative estimate of drug-likeness (QED) is 0.391. The minimum atomic E-state index is -4.06. The van der Waals surface area contributed by atoms with Crippen molar-refractivity contribution in [2.24, 2.45) is 10.9 Å². The topological polar surface area (TPSA) is 49.3 Å². The molecular formula is C15H24F3IN4S. The number of nitrogens with zero attached hydrogens (tertiary/aromatic N) is 2. The molecule has 1 fully saturated rings. The number of nitrogens with one attached hydrogen (secondary N) is 2. The smallest absolute Gasteiger partial charge is 0.354 e. The molecule has 0 radical (unpaired) electrons. The number of hydrogen-bond donors (Lipinski definition) is 2. The lowest BCUT2D eigenvalue weighted by atomic mass is 9.85. The van der Waals surface area contributed by atoms with Crippen LogP contribution in [0.25, 0.3) is 0 Å². The fourth-order valence-electron chi connectivity index (χ4n) is 2.72. The van der Waals surface area contributed by atoms with E-state index < -0.39 is 12.1 Å². The molecule has 0 spiro atoms. The van der Waals surface area contributed by atoms with E-state index in [0.717, 1.165) is 17.1 Å². The first-order valence-corrected chi connectivity index (χ1v) is 8.77. The molecule has 1 aromatic heterocycles. The number of aryl methyl sites for hydroxylation is 1. The minimum Gasteiger partial charge on any atom is -0.354 e. The number of aromatic nitrogens is 1. The lowest BCUT2D eigenvalue weighted by Gasteiger charge is -2.31. The number of alkyl halides is 3. The fraction of sp³-hybridized carbons (Fsp3) is 0.733. The molecule has 2 N–H and O–H groups in total. The summed E-state index contributed by atoms with van der Waals surface area (Å²) in [6.07, 6.45) is -1.75. The summed E-state index contributed by atoms with van der Waals surface area (Å²) in [5, 5.41) is 9.49. The number of halogens is 4. The van der Waals surface area contributed by atoms with Crippen LogP contribution < -0.4 is 10.6 Å². The zero-order valence-electron chi connectivity index (χ0n) is 13.8. The SMILES string of the molecule is CCc1nc(CNC(=NC)NC2CCC(C(F)(F)F)CC2)cs1.I. The molecule has 0 atom stereocenters. The largest absolute Gasteiger partial charge is 0.391 e. The Balaban J connectivity index is 0.00000288. The van der Waals surface area contributed by atoms with Gasteiger partial charge in [-0.25, -0.2) is 4.98 Å². The van der Waals surface area contributed by atoms with Crippen molar-refractivity contribution < 1.29 is 13.2 Å². The van der Waals surface area contributed by atoms with E-state index in [1.165, 1.54) is 0 Å². The number of rotatable bonds is 4. The Morgan fingerprint density at radius 2 is 2.00 bits per heavy atom. The Morgan fingerprint density at radius 1 is 1.33 bits per heavy atom. The van der Waals surface area contributed by atoms with Crippen LogP contribution in [0, 0.1) is 5.92 Å². The predicted octanol–water partition coefficient (Wildman–Crippen LogP) is 4.11. The summed E-state index contributed by atoms with van der Waals surface area (Å²) in [4.78, 5) is 8.61. The van der Waals surface area contributed by atoms with E-state index in [9.17, 15) is 13.2 Å². The van der Waals surface area contributed by atoms with Gasteiger partial charge in [-0.1, -0.05) is 6.92 Å². The molecule has 9 heteroatoms. The van der Waals surface area contributed by atoms with Crippen molar-refractivity contribution in [3.63, 3.8) is 0 Å². The molecule has 0 unspecified atom stereocenters. The summed E-state index contributed by atoms with van der Waals surface area (Å²) in [6.45, 7) is 2.63. The van der Waals surface area contributed by atoms with Crippen LogP contribution in [0.3, 0.4) is 0 Å². The van der Waals surface area contributed by atoms with E-state index in [1.54, 1.807) is 18.4 Å². The van der Waals surface area contributed by atoms with Crippen LogP contribution in [0.5, 0.6) is 0 Å². The first kappa shape index (κ1) is 21.5. The molecule has 138 valence electrons. The highest BCUT2D eigenvalue weighted by molar-refractivity contribution is 14.0. The number of hydrogen-bond acceptors (Lipinski definition) is 3. The molecule has 24 heavy (non-hydrogen) atoms. The highest BCUT2D eigenvalue weighted by atomic mass is 127. The van der Waals surface area contributed by atoms with Gasteiger partial charge in [-0.2, -0.15) is 13.2 Å². The van der Waals surface area contributed by atoms with Crippen LogP contribution in [0.4, 0.5) is 13.2 Å². The van der Waals surface area contributed by atoms with Crippen molar-refractivity contribution in [1.29, 1.82) is 0 Å². The second kappa shape index (κ2) is 9.79. The summed E-state index contributed by atoms with van der Waals surface area (Å²) < 4.78 is 38.0. The zero-order valence-corrected chi connectivity index (χ0v) is 17.0. The van der Waals surface area contributed by atoms with Gasteiger partial charge in [0.25, 0.3) is 0 Å². The third kappa shape index (κ3) is 6.38. The predicted molar refractivity (Wildman–Crippen MR) is 102 cm³/mol. The maximum absolute atomic E-state index is 12.7. The lowest BCUT2D eigenvalue weighted by Crippen LogP contribution is -2.45. The Labute approximate surface area is 161 Å². The van der Waals surface area contributed by atoms with Gasteiger partial charge in [-0.15, -0.1) is 35.3 Å². The van der Waals surface area contributed by atoms with E-state index in [0.29, 0.717) is 25.3 Å². The molecule has 1 aromatic rings. The zero-order chi connectivity index (χ0) is 16.9. The van der Waals surface area contributed by atoms with Crippen molar-refractivity contribution >= 4 is 41.3 Å². The van der Waals surface area contributed by atoms with Gasteiger partial charge in [0.2, 0.25) is 0 Å². The average Bonchev–Trinajstić information content (AvgIpc) is 2.99. The van der Waals surface area contributed by atoms with Gasteiger partial charge >= 0.3 is 6.18 Å². The third-order valence-electron chi connectivity index (χ3n) is 4.09. The number of aliphatic imine (C=N–C) groups is 1. The van der Waals surface area contributed by atoms with Crippen LogP contribution in [-0.2, 0) is 13.0 Å². The van der Waals surface area contributed by atoms with E-state index >= 15 is 0 Å². The number of guanidine groups is 1. The first-order valence-electron chi connectivity index (χ1n) is 7.89. The Hall–Kier alpha value is -0.580. The van der Waals surface area contributed by atoms with Crippen molar-refractivity contribution in [1.82, 2.24) is 15.6 Å². The van der Waals surface area contributed by atoms with Gasteiger partial charge in [-0.05, 0) is 32.1 Å². The van der Waals surface area contributed by atoms with E-state index in [4.69, 9.17) is 0 Å². The van der Waals surface area contributed by atoms with Gasteiger partial charge in [0.15, 0.2) is 5.96 Å². The van der Waals surface area contributed by atoms with E-state index in [-0.39, 0.29) is 42.9 Å². The fourth-order valence-corrected chi connectivity index (χ4v) is 3.46. The molecule has 1 aliphatic carbocycles. The Kier molecular flexibility index (Phi) is 8.75. The molecule has 1 heterocycles. The maximum Gasteiger partial charge on any atom is 0.391 e. The molecule has 0 amide bonds. The molecular weight excluding hydrogens is 452 g/mol. The minimum absolute atomic E-state index is 0. The molecule has 2 rings (SSSR count). The Morgan fingerprint density at radius 3 is 2.50 bits per heavy atom. The normalized spacial score (nSPS) is 22.0. The molecule has 0 saturated heterocycles. The average molecular weight is 476 g/mol. The molecule has 0 aliphatic heterocycles. The monoisotopic (exact) mass is 476 g/mol. The van der Waals surface area contributed by atoms with Gasteiger partial charge in [0.05, 0.1) is 23.2 Å². The summed E-state index contributed by atoms with van der Waals surface area (Å²) in [7, 11) is 1.66. The highest BCUT2D eigenvalue weighted by Crippen LogP contribution is 2.37. The third-order valence-corrected chi connectivity index (χ3v) is 5.14. The van der Waals surface area contributed by atoms with E-state index in [1.807, 2.05) is 5.38 Å². The van der Waals surface area contributed by atoms with Gasteiger partial charge < -0.3 is 10.6 Å². The van der Waals surface area contributed by atoms with Crippen molar-refractivity contribution in [2.75, 3.05) is 7.05 Å². The van der Waals surface area contributed by atoms with Crippen molar-refractivity contribution in [3.8, 4) is 0 Å². The summed E-state index contributed by atoms with van der Waals surface area (Å²) in [6, 6.07) is 0.0430. The van der Waals surface area contributed by atoms with Crippen LogP contribution in [0.2, 0.25) is 0 Å². The second-order valence-electron chi connectivity index (χ2n) is 5.75. The van der Waals surface area contributed by atoms with Crippen molar-refractivity contribution in [2.45, 2.75) is 57.8 Å². The first-order chi connectivity index (χ1) is 10.9. The maximum atomic E-state index is 12.7. The van der Waals surface area contributed by atoms with Crippen LogP contribution in [0.15, 0.2) is 10.4 Å². The van der Waals surface area contributed by atoms with E-state index in [2.05, 4.69) is 27.5 Å². The summed E-state index contributed by atoms with van der Waals surface area (Å²) >= 11 is 1.63. The standard InChI is InChI=1S/C15H23F3N4S.HI/c1-3-13-21-12(9-23-13)8-20-14(19-2)22-11-6-4-10(5-7-11)15(16,17)18;/h9-11H,3-8H2,1-2H3,(H2,19,20,22);1H. The Bertz CT molecular complexity index is 525. The lowest BCUT2D eigenvalue weighted by molar-refractivity contribution is -0.182. The molecule has 4 nitrogen and oxygen atoms in total. The van der Waals surface area contributed by atoms with Crippen LogP contribution in [0.1, 0.15) is 43.3 Å². The molecule has 1 aliphatic rings. The van der Waals surface area contributed by atoms with Crippen LogP contribution >= 0.6 is 35.3 Å². The molecule has 1 saturated carbocycles. The molecule has 0 aromatic carbocycles.